The lowest BCUT2D eigenvalue weighted by molar-refractivity contribution is 0.0938. The number of aromatic amines is 1. The van der Waals surface area contributed by atoms with Gasteiger partial charge in [0.05, 0.1) is 17.4 Å². The molecule has 0 spiro atoms. The molecule has 0 aliphatic heterocycles. The van der Waals surface area contributed by atoms with E-state index in [1.54, 1.807) is 0 Å². The fourth-order valence-corrected chi connectivity index (χ4v) is 2.23. The molecule has 2 aromatic heterocycles. The minimum Gasteiger partial charge on any atom is -0.343 e. The zero-order chi connectivity index (χ0) is 12.6. The number of nitriles is 1. The molecule has 0 unspecified atom stereocenters. The molecule has 2 heterocycles. The van der Waals surface area contributed by atoms with E-state index in [1.165, 1.54) is 17.8 Å². The van der Waals surface area contributed by atoms with E-state index in [2.05, 4.69) is 16.0 Å². The summed E-state index contributed by atoms with van der Waals surface area (Å²) in [6.07, 6.45) is 2.02. The fourth-order valence-electron chi connectivity index (χ4n) is 1.98. The van der Waals surface area contributed by atoms with Crippen LogP contribution in [0.15, 0.2) is 6.33 Å². The summed E-state index contributed by atoms with van der Waals surface area (Å²) < 4.78 is 1.80. The Morgan fingerprint density at radius 3 is 2.94 bits per heavy atom. The molecule has 5 nitrogen and oxygen atoms in total. The number of hydrogen-bond acceptors (Lipinski definition) is 4. The predicted molar refractivity (Wildman–Crippen MR) is 65.3 cm³/mol. The van der Waals surface area contributed by atoms with Crippen molar-refractivity contribution in [3.8, 4) is 6.07 Å². The Kier molecular flexibility index (Phi) is 2.77. The van der Waals surface area contributed by atoms with Gasteiger partial charge in [-0.2, -0.15) is 5.26 Å². The Hall–Kier alpha value is -2.00. The third-order valence-electron chi connectivity index (χ3n) is 2.62. The summed E-state index contributed by atoms with van der Waals surface area (Å²) >= 11 is 5.12. The third-order valence-corrected chi connectivity index (χ3v) is 2.92. The van der Waals surface area contributed by atoms with Crippen molar-refractivity contribution in [3.63, 3.8) is 0 Å². The summed E-state index contributed by atoms with van der Waals surface area (Å²) in [6, 6.07) is 2.11. The Balaban J connectivity index is 3.10. The number of aromatic nitrogens is 3. The quantitative estimate of drug-likeness (QED) is 0.783. The van der Waals surface area contributed by atoms with Crippen LogP contribution in [-0.4, -0.2) is 20.4 Å². The first-order valence-corrected chi connectivity index (χ1v) is 5.54. The molecule has 6 heteroatoms. The number of carbonyl (C=O) groups excluding carboxylic acids is 1. The zero-order valence-electron chi connectivity index (χ0n) is 9.44. The molecule has 0 bridgehead atoms. The van der Waals surface area contributed by atoms with Crippen molar-refractivity contribution in [2.45, 2.75) is 20.3 Å². The summed E-state index contributed by atoms with van der Waals surface area (Å²) in [5, 5.41) is 9.18. The number of nitrogens with zero attached hydrogens (tertiary/aromatic N) is 3. The lowest BCUT2D eigenvalue weighted by Gasteiger charge is -2.03. The summed E-state index contributed by atoms with van der Waals surface area (Å²) in [4.78, 5) is 18.5. The molecule has 0 aliphatic carbocycles. The van der Waals surface area contributed by atoms with Gasteiger partial charge in [-0.05, 0) is 6.42 Å². The highest BCUT2D eigenvalue weighted by Gasteiger charge is 2.19. The van der Waals surface area contributed by atoms with Gasteiger partial charge in [0.25, 0.3) is 0 Å². The van der Waals surface area contributed by atoms with Gasteiger partial charge in [-0.3, -0.25) is 9.36 Å². The lowest BCUT2D eigenvalue weighted by Crippen LogP contribution is -2.09. The summed E-state index contributed by atoms with van der Waals surface area (Å²) in [6.45, 7) is 3.34. The number of fused-ring (bicyclic) bond motifs is 1. The molecular formula is C11H10N4OS. The van der Waals surface area contributed by atoms with Crippen LogP contribution in [0.3, 0.4) is 0 Å². The Labute approximate surface area is 103 Å². The van der Waals surface area contributed by atoms with Crippen LogP contribution in [0.1, 0.15) is 29.9 Å². The van der Waals surface area contributed by atoms with Gasteiger partial charge in [0.2, 0.25) is 5.91 Å². The highest BCUT2D eigenvalue weighted by molar-refractivity contribution is 7.71. The number of H-pyrrole nitrogens is 1. The van der Waals surface area contributed by atoms with E-state index in [1.807, 2.05) is 6.92 Å². The van der Waals surface area contributed by atoms with Crippen molar-refractivity contribution in [1.82, 2.24) is 14.5 Å². The van der Waals surface area contributed by atoms with Crippen molar-refractivity contribution in [3.05, 3.63) is 22.2 Å². The largest absolute Gasteiger partial charge is 0.343 e. The minimum atomic E-state index is -0.166. The summed E-state index contributed by atoms with van der Waals surface area (Å²) in [5.41, 5.74) is 2.24. The molecule has 0 aromatic carbocycles. The van der Waals surface area contributed by atoms with Crippen LogP contribution in [0.4, 0.5) is 0 Å². The number of rotatable bonds is 1. The first-order chi connectivity index (χ1) is 8.11. The second-order valence-electron chi connectivity index (χ2n) is 3.57. The maximum Gasteiger partial charge on any atom is 0.228 e. The van der Waals surface area contributed by atoms with Gasteiger partial charge in [0.15, 0.2) is 4.64 Å². The van der Waals surface area contributed by atoms with Gasteiger partial charge >= 0.3 is 0 Å². The number of hydrogen-bond donors (Lipinski definition) is 1. The molecule has 1 N–H and O–H groups in total. The van der Waals surface area contributed by atoms with Crippen LogP contribution >= 0.6 is 12.2 Å². The Morgan fingerprint density at radius 2 is 2.41 bits per heavy atom. The predicted octanol–water partition coefficient (Wildman–Crippen LogP) is 2.19. The van der Waals surface area contributed by atoms with Crippen LogP contribution in [-0.2, 0) is 6.42 Å². The fraction of sp³-hybridized carbons (Fsp3) is 0.273. The molecule has 0 amide bonds. The van der Waals surface area contributed by atoms with Crippen LogP contribution in [0, 0.1) is 16.0 Å². The molecule has 0 atom stereocenters. The van der Waals surface area contributed by atoms with Crippen molar-refractivity contribution in [2.75, 3.05) is 0 Å². The van der Waals surface area contributed by atoms with Crippen LogP contribution < -0.4 is 0 Å². The second kappa shape index (κ2) is 4.11. The maximum atomic E-state index is 11.7. The summed E-state index contributed by atoms with van der Waals surface area (Å²) in [5.74, 6) is -0.166. The highest BCUT2D eigenvalue weighted by atomic mass is 32.1. The average Bonchev–Trinajstić information content (AvgIpc) is 2.63. The van der Waals surface area contributed by atoms with E-state index in [0.717, 1.165) is 0 Å². The first kappa shape index (κ1) is 11.5. The van der Waals surface area contributed by atoms with Gasteiger partial charge in [0.1, 0.15) is 11.6 Å². The smallest absolute Gasteiger partial charge is 0.228 e. The first-order valence-electron chi connectivity index (χ1n) is 5.13. The second-order valence-corrected chi connectivity index (χ2v) is 3.96. The van der Waals surface area contributed by atoms with Gasteiger partial charge in [0, 0.05) is 12.6 Å². The van der Waals surface area contributed by atoms with Crippen molar-refractivity contribution in [1.29, 1.82) is 5.26 Å². The van der Waals surface area contributed by atoms with E-state index in [4.69, 9.17) is 12.2 Å². The molecule has 0 saturated carbocycles. The van der Waals surface area contributed by atoms with Crippen LogP contribution in [0.2, 0.25) is 0 Å². The molecule has 2 aromatic rings. The molecule has 0 radical (unpaired) electrons. The lowest BCUT2D eigenvalue weighted by atomic mass is 10.2. The van der Waals surface area contributed by atoms with E-state index in [9.17, 15) is 10.1 Å². The van der Waals surface area contributed by atoms with Crippen molar-refractivity contribution >= 4 is 29.2 Å². The average molecular weight is 246 g/mol. The van der Waals surface area contributed by atoms with Crippen LogP contribution in [0.25, 0.3) is 11.0 Å². The topological polar surface area (TPSA) is 74.5 Å². The number of carbonyl (C=O) groups is 1. The molecule has 86 valence electrons. The Bertz CT molecular complexity index is 705. The van der Waals surface area contributed by atoms with Gasteiger partial charge in [-0.15, -0.1) is 0 Å². The standard InChI is InChI=1S/C11H10N4OS/c1-3-8-7(4-12)9-10(15(8)6(2)16)11(17)14-5-13-9/h5H,3H2,1-2H3,(H,13,14,17). The van der Waals surface area contributed by atoms with E-state index in [0.29, 0.717) is 33.4 Å². The summed E-state index contributed by atoms with van der Waals surface area (Å²) in [7, 11) is 0. The van der Waals surface area contributed by atoms with E-state index in [-0.39, 0.29) is 5.91 Å². The molecule has 2 rings (SSSR count). The minimum absolute atomic E-state index is 0.166. The van der Waals surface area contributed by atoms with Gasteiger partial charge < -0.3 is 4.98 Å². The zero-order valence-corrected chi connectivity index (χ0v) is 10.3. The van der Waals surface area contributed by atoms with Gasteiger partial charge in [-0.1, -0.05) is 19.1 Å². The van der Waals surface area contributed by atoms with Crippen LogP contribution in [0.5, 0.6) is 0 Å². The van der Waals surface area contributed by atoms with Crippen molar-refractivity contribution < 1.29 is 4.79 Å². The molecule has 0 fully saturated rings. The van der Waals surface area contributed by atoms with E-state index >= 15 is 0 Å². The van der Waals surface area contributed by atoms with Gasteiger partial charge in [-0.25, -0.2) is 4.98 Å². The SMILES string of the molecule is CCc1c(C#N)c2[nH]cnc(=S)c2n1C(C)=O. The normalized spacial score (nSPS) is 10.4. The number of nitrogens with one attached hydrogen (secondary N) is 1. The molecule has 0 saturated heterocycles. The molecule has 17 heavy (non-hydrogen) atoms. The molecule has 0 aliphatic rings. The highest BCUT2D eigenvalue weighted by Crippen LogP contribution is 2.24. The van der Waals surface area contributed by atoms with Crippen molar-refractivity contribution in [2.24, 2.45) is 0 Å². The van der Waals surface area contributed by atoms with E-state index < -0.39 is 0 Å². The Morgan fingerprint density at radius 1 is 1.71 bits per heavy atom. The molecular weight excluding hydrogens is 236 g/mol. The maximum absolute atomic E-state index is 11.7. The monoisotopic (exact) mass is 246 g/mol. The third kappa shape index (κ3) is 1.56.